The van der Waals surface area contributed by atoms with Crippen molar-refractivity contribution in [2.24, 2.45) is 17.6 Å². The number of amides is 1. The molecule has 0 bridgehead atoms. The quantitative estimate of drug-likeness (QED) is 0.338. The minimum absolute atomic E-state index is 0.0523. The van der Waals surface area contributed by atoms with Crippen LogP contribution >= 0.6 is 0 Å². The van der Waals surface area contributed by atoms with Crippen LogP contribution in [-0.2, 0) is 33.6 Å². The smallest absolute Gasteiger partial charge is 0.255 e. The number of fused-ring (bicyclic) bond motifs is 3. The first kappa shape index (κ1) is 27.4. The Morgan fingerprint density at radius 3 is 2.50 bits per heavy atom. The number of ether oxygens (including phenoxy) is 1. The summed E-state index contributed by atoms with van der Waals surface area (Å²) < 4.78 is 5.31. The topological polar surface area (TPSA) is 171 Å². The van der Waals surface area contributed by atoms with Gasteiger partial charge in [0.15, 0.2) is 11.4 Å². The van der Waals surface area contributed by atoms with Gasteiger partial charge in [0.05, 0.1) is 18.7 Å². The zero-order chi connectivity index (χ0) is 29.1. The number of phenols is 1. The number of aliphatic hydroxyl groups is 3. The van der Waals surface area contributed by atoms with Gasteiger partial charge in [-0.2, -0.15) is 0 Å². The van der Waals surface area contributed by atoms with E-state index in [1.165, 1.54) is 11.0 Å². The van der Waals surface area contributed by atoms with Gasteiger partial charge in [-0.1, -0.05) is 18.2 Å². The van der Waals surface area contributed by atoms with Gasteiger partial charge in [-0.3, -0.25) is 19.3 Å². The fourth-order valence-electron chi connectivity index (χ4n) is 6.65. The maximum absolute atomic E-state index is 13.9. The van der Waals surface area contributed by atoms with Crippen LogP contribution in [0.15, 0.2) is 53.3 Å². The van der Waals surface area contributed by atoms with Gasteiger partial charge in [0.25, 0.3) is 5.91 Å². The van der Waals surface area contributed by atoms with E-state index < -0.39 is 58.0 Å². The largest absolute Gasteiger partial charge is 0.508 e. The van der Waals surface area contributed by atoms with Crippen molar-refractivity contribution in [2.45, 2.75) is 37.3 Å². The van der Waals surface area contributed by atoms with Gasteiger partial charge in [-0.15, -0.1) is 0 Å². The number of aliphatic hydroxyl groups excluding tert-OH is 2. The van der Waals surface area contributed by atoms with Crippen LogP contribution in [0.2, 0.25) is 0 Å². The predicted octanol–water partition coefficient (Wildman–Crippen LogP) is 1.76. The van der Waals surface area contributed by atoms with Crippen molar-refractivity contribution >= 4 is 23.2 Å². The van der Waals surface area contributed by atoms with Gasteiger partial charge >= 0.3 is 0 Å². The zero-order valence-electron chi connectivity index (χ0n) is 22.5. The fraction of sp³-hybridized carbons (Fsp3) is 0.367. The van der Waals surface area contributed by atoms with E-state index in [2.05, 4.69) is 0 Å². The Bertz CT molecular complexity index is 1510. The van der Waals surface area contributed by atoms with Gasteiger partial charge in [0.2, 0.25) is 5.78 Å². The summed E-state index contributed by atoms with van der Waals surface area (Å²) in [7, 11) is 4.74. The molecule has 40 heavy (non-hydrogen) atoms. The summed E-state index contributed by atoms with van der Waals surface area (Å²) >= 11 is 0. The fourth-order valence-corrected chi connectivity index (χ4v) is 6.65. The summed E-state index contributed by atoms with van der Waals surface area (Å²) in [6, 6.07) is 9.79. The maximum atomic E-state index is 13.9. The first-order valence-corrected chi connectivity index (χ1v) is 13.0. The number of rotatable bonds is 6. The Morgan fingerprint density at radius 1 is 1.12 bits per heavy atom. The molecule has 4 atom stereocenters. The Labute approximate surface area is 231 Å². The van der Waals surface area contributed by atoms with E-state index in [9.17, 15) is 34.8 Å². The number of hydrogen-bond acceptors (Lipinski definition) is 9. The molecule has 0 heterocycles. The second kappa shape index (κ2) is 9.79. The van der Waals surface area contributed by atoms with Crippen molar-refractivity contribution < 1.29 is 39.5 Å². The summed E-state index contributed by atoms with van der Waals surface area (Å²) in [6.07, 6.45) is 1.55. The van der Waals surface area contributed by atoms with Crippen molar-refractivity contribution in [3.05, 3.63) is 75.6 Å². The lowest BCUT2D eigenvalue weighted by Gasteiger charge is -2.50. The normalized spacial score (nSPS) is 26.0. The molecular formula is C30H32N2O8. The molecular weight excluding hydrogens is 516 g/mol. The number of aryl methyl sites for hydroxylation is 2. The highest BCUT2D eigenvalue weighted by molar-refractivity contribution is 6.24. The molecule has 0 saturated heterocycles. The number of aromatic hydroxyl groups is 1. The van der Waals surface area contributed by atoms with Crippen LogP contribution in [0.5, 0.6) is 11.5 Å². The van der Waals surface area contributed by atoms with E-state index in [4.69, 9.17) is 10.5 Å². The van der Waals surface area contributed by atoms with Gasteiger partial charge in [-0.25, -0.2) is 0 Å². The number of ketones is 2. The first-order valence-electron chi connectivity index (χ1n) is 13.0. The van der Waals surface area contributed by atoms with Crippen molar-refractivity contribution in [1.82, 2.24) is 4.90 Å². The van der Waals surface area contributed by atoms with Crippen LogP contribution in [0, 0.1) is 11.8 Å². The number of methoxy groups -OCH3 is 1. The number of nitrogens with zero attached hydrogens (tertiary/aromatic N) is 1. The summed E-state index contributed by atoms with van der Waals surface area (Å²) in [5, 5.41) is 44.8. The number of nitrogens with two attached hydrogens (primary N) is 1. The SMILES string of the molecule is COc1cccc(CCc2ccc(O)c3c2CC2CC4[C@H](N(C)C)C(=O)C(C(N)=O)=C(O)[C@@]4(O)C(=O)C2=C3O)c1. The molecule has 0 spiro atoms. The van der Waals surface area contributed by atoms with E-state index in [0.717, 1.165) is 16.9 Å². The molecule has 3 aliphatic carbocycles. The molecule has 0 aromatic heterocycles. The standard InChI is InChI=1S/C30H32N2O8/c1-32(2)24-19-13-16-12-18-15(8-7-14-5-4-6-17(11-14)40-3)9-10-20(33)22(18)25(34)21(16)27(36)30(19,39)28(37)23(26(24)35)29(31)38/h4-6,9-11,16,19,24,33-34,37,39H,7-8,12-13H2,1-3H3,(H2,31,38)/t16?,19?,24-,30-/m0/s1. The van der Waals surface area contributed by atoms with Crippen LogP contribution < -0.4 is 10.5 Å². The van der Waals surface area contributed by atoms with E-state index >= 15 is 0 Å². The number of likely N-dealkylation sites (N-methyl/N-ethyl adjacent to an activating group) is 1. The highest BCUT2D eigenvalue weighted by Crippen LogP contribution is 2.53. The van der Waals surface area contributed by atoms with Crippen LogP contribution in [-0.4, -0.2) is 75.6 Å². The number of Topliss-reactive ketones (excluding diaryl/α,β-unsaturated/α-hetero) is 2. The van der Waals surface area contributed by atoms with E-state index in [0.29, 0.717) is 18.4 Å². The second-order valence-corrected chi connectivity index (χ2v) is 10.9. The molecule has 0 radical (unpaired) electrons. The van der Waals surface area contributed by atoms with Crippen LogP contribution in [0.4, 0.5) is 0 Å². The molecule has 2 aromatic carbocycles. The number of carbonyl (C=O) groups excluding carboxylic acids is 3. The minimum Gasteiger partial charge on any atom is -0.508 e. The van der Waals surface area contributed by atoms with E-state index in [1.807, 2.05) is 24.3 Å². The number of carbonyl (C=O) groups is 3. The molecule has 1 saturated carbocycles. The third-order valence-corrected chi connectivity index (χ3v) is 8.52. The van der Waals surface area contributed by atoms with Crippen LogP contribution in [0.1, 0.15) is 28.7 Å². The number of benzene rings is 2. The average Bonchev–Trinajstić information content (AvgIpc) is 2.90. The molecule has 1 amide bonds. The van der Waals surface area contributed by atoms with Gasteiger partial charge < -0.3 is 30.9 Å². The van der Waals surface area contributed by atoms with Gasteiger partial charge in [0, 0.05) is 11.5 Å². The lowest BCUT2D eigenvalue weighted by atomic mass is 9.57. The minimum atomic E-state index is -2.65. The van der Waals surface area contributed by atoms with E-state index in [-0.39, 0.29) is 29.7 Å². The zero-order valence-corrected chi connectivity index (χ0v) is 22.5. The summed E-state index contributed by atoms with van der Waals surface area (Å²) in [4.78, 5) is 40.7. The molecule has 2 unspecified atom stereocenters. The Balaban J connectivity index is 1.60. The Kier molecular flexibility index (Phi) is 6.71. The lowest BCUT2D eigenvalue weighted by Crippen LogP contribution is -2.65. The third-order valence-electron chi connectivity index (χ3n) is 8.52. The highest BCUT2D eigenvalue weighted by Gasteiger charge is 2.64. The monoisotopic (exact) mass is 548 g/mol. The van der Waals surface area contributed by atoms with Crippen LogP contribution in [0.3, 0.4) is 0 Å². The van der Waals surface area contributed by atoms with Crippen molar-refractivity contribution in [1.29, 1.82) is 0 Å². The molecule has 2 aromatic rings. The lowest BCUT2D eigenvalue weighted by molar-refractivity contribution is -0.153. The molecule has 10 nitrogen and oxygen atoms in total. The Morgan fingerprint density at radius 2 is 1.85 bits per heavy atom. The van der Waals surface area contributed by atoms with E-state index in [1.54, 1.807) is 27.3 Å². The molecule has 0 aliphatic heterocycles. The van der Waals surface area contributed by atoms with Gasteiger partial charge in [0.1, 0.15) is 28.6 Å². The molecule has 6 N–H and O–H groups in total. The summed E-state index contributed by atoms with van der Waals surface area (Å²) in [5.41, 5.74) is 4.41. The molecule has 3 aliphatic rings. The molecule has 210 valence electrons. The maximum Gasteiger partial charge on any atom is 0.255 e. The molecule has 10 heteroatoms. The van der Waals surface area contributed by atoms with Crippen molar-refractivity contribution in [2.75, 3.05) is 21.2 Å². The second-order valence-electron chi connectivity index (χ2n) is 10.9. The summed E-state index contributed by atoms with van der Waals surface area (Å²) in [6.45, 7) is 0. The van der Waals surface area contributed by atoms with Crippen LogP contribution in [0.25, 0.3) is 5.76 Å². The average molecular weight is 549 g/mol. The molecule has 5 rings (SSSR count). The number of primary amides is 1. The Hall–Kier alpha value is -4.15. The summed E-state index contributed by atoms with van der Waals surface area (Å²) in [5.74, 6) is -5.86. The predicted molar refractivity (Wildman–Crippen MR) is 145 cm³/mol. The first-order chi connectivity index (χ1) is 18.9. The third kappa shape index (κ3) is 3.98. The highest BCUT2D eigenvalue weighted by atomic mass is 16.5. The van der Waals surface area contributed by atoms with Crippen molar-refractivity contribution in [3.8, 4) is 11.5 Å². The number of hydrogen-bond donors (Lipinski definition) is 5. The molecule has 1 fully saturated rings. The van der Waals surface area contributed by atoms with Gasteiger partial charge in [-0.05, 0) is 80.6 Å². The van der Waals surface area contributed by atoms with Crippen molar-refractivity contribution in [3.63, 3.8) is 0 Å². The number of phenolic OH excluding ortho intramolecular Hbond substituents is 1.